The minimum atomic E-state index is -3.36. The van der Waals surface area contributed by atoms with Crippen LogP contribution in [0.25, 0.3) is 0 Å². The number of carbonyl (C=O) groups is 1. The molecule has 1 aromatic rings. The molecule has 0 spiro atoms. The first-order valence-corrected chi connectivity index (χ1v) is 12.0. The number of benzene rings is 1. The van der Waals surface area contributed by atoms with Gasteiger partial charge >= 0.3 is 5.97 Å². The second-order valence-electron chi connectivity index (χ2n) is 7.86. The van der Waals surface area contributed by atoms with E-state index in [-0.39, 0.29) is 12.0 Å². The molecule has 8 heteroatoms. The van der Waals surface area contributed by atoms with Crippen LogP contribution in [0.1, 0.15) is 65.0 Å². The number of sulfonamides is 1. The van der Waals surface area contributed by atoms with Crippen LogP contribution in [0.4, 0.5) is 0 Å². The molecule has 1 atom stereocenters. The minimum Gasteiger partial charge on any atom is -0.494 e. The van der Waals surface area contributed by atoms with Crippen molar-refractivity contribution in [1.82, 2.24) is 4.31 Å². The van der Waals surface area contributed by atoms with Gasteiger partial charge in [-0.2, -0.15) is 4.31 Å². The smallest absolute Gasteiger partial charge is 0.305 e. The van der Waals surface area contributed by atoms with Crippen molar-refractivity contribution in [3.05, 3.63) is 23.8 Å². The number of hydrogen-bond donors (Lipinski definition) is 0. The van der Waals surface area contributed by atoms with Gasteiger partial charge in [0.25, 0.3) is 0 Å². The van der Waals surface area contributed by atoms with Gasteiger partial charge in [-0.25, -0.2) is 8.42 Å². The molecule has 1 heterocycles. The van der Waals surface area contributed by atoms with Gasteiger partial charge in [-0.1, -0.05) is 6.92 Å². The number of rotatable bonds is 10. The van der Waals surface area contributed by atoms with Crippen LogP contribution in [-0.4, -0.2) is 50.3 Å². The zero-order chi connectivity index (χ0) is 21.7. The van der Waals surface area contributed by atoms with Gasteiger partial charge in [0.15, 0.2) is 0 Å². The third kappa shape index (κ3) is 6.60. The number of carbonyl (C=O) groups excluding carboxylic acids is 1. The van der Waals surface area contributed by atoms with Gasteiger partial charge in [0.2, 0.25) is 10.0 Å². The molecule has 0 amide bonds. The van der Waals surface area contributed by atoms with Crippen molar-refractivity contribution in [2.45, 2.75) is 65.0 Å². The van der Waals surface area contributed by atoms with E-state index in [1.54, 1.807) is 6.92 Å². The number of unbranched alkanes of at least 4 members (excludes halogenated alkanes) is 1. The lowest BCUT2D eigenvalue weighted by molar-refractivity contribution is -0.143. The van der Waals surface area contributed by atoms with Crippen molar-refractivity contribution in [1.29, 1.82) is 0 Å². The predicted molar refractivity (Wildman–Crippen MR) is 112 cm³/mol. The monoisotopic (exact) mass is 427 g/mol. The molecule has 0 saturated carbocycles. The van der Waals surface area contributed by atoms with Gasteiger partial charge in [0.05, 0.1) is 25.5 Å². The number of fused-ring (bicyclic) bond motifs is 1. The maximum absolute atomic E-state index is 12.3. The van der Waals surface area contributed by atoms with Gasteiger partial charge in [-0.05, 0) is 51.8 Å². The summed E-state index contributed by atoms with van der Waals surface area (Å²) < 4.78 is 43.0. The van der Waals surface area contributed by atoms with Gasteiger partial charge in [0.1, 0.15) is 17.1 Å². The molecule has 0 aromatic heterocycles. The minimum absolute atomic E-state index is 0.190. The standard InChI is InChI=1S/C21H33NO6S/c1-6-22(29(5,24)25)18-15-21(3,4)28-19-12-11-16(14-17(18)19)27-13-9-8-10-20(23)26-7-2/h11-12,14,18H,6-10,13,15H2,1-5H3. The van der Waals surface area contributed by atoms with E-state index < -0.39 is 15.6 Å². The highest BCUT2D eigenvalue weighted by Crippen LogP contribution is 2.44. The zero-order valence-electron chi connectivity index (χ0n) is 18.1. The fraction of sp³-hybridized carbons (Fsp3) is 0.667. The summed E-state index contributed by atoms with van der Waals surface area (Å²) in [6.07, 6.45) is 3.60. The van der Waals surface area contributed by atoms with Crippen molar-refractivity contribution < 1.29 is 27.4 Å². The van der Waals surface area contributed by atoms with Crippen molar-refractivity contribution in [3.8, 4) is 11.5 Å². The number of nitrogens with zero attached hydrogens (tertiary/aromatic N) is 1. The topological polar surface area (TPSA) is 82.1 Å². The lowest BCUT2D eigenvalue weighted by Crippen LogP contribution is -2.43. The lowest BCUT2D eigenvalue weighted by Gasteiger charge is -2.41. The first-order chi connectivity index (χ1) is 13.6. The van der Waals surface area contributed by atoms with Gasteiger partial charge in [-0.15, -0.1) is 0 Å². The summed E-state index contributed by atoms with van der Waals surface area (Å²) in [7, 11) is -3.36. The molecule has 2 rings (SSSR count). The first-order valence-electron chi connectivity index (χ1n) is 10.2. The Morgan fingerprint density at radius 3 is 2.62 bits per heavy atom. The molecule has 0 N–H and O–H groups in total. The predicted octanol–water partition coefficient (Wildman–Crippen LogP) is 3.68. The molecular weight excluding hydrogens is 394 g/mol. The number of esters is 1. The van der Waals surface area contributed by atoms with Crippen LogP contribution >= 0.6 is 0 Å². The first kappa shape index (κ1) is 23.5. The molecule has 0 fully saturated rings. The van der Waals surface area contributed by atoms with E-state index in [1.165, 1.54) is 10.6 Å². The molecule has 0 bridgehead atoms. The summed E-state index contributed by atoms with van der Waals surface area (Å²) in [6, 6.07) is 5.24. The second kappa shape index (κ2) is 9.80. The average molecular weight is 428 g/mol. The lowest BCUT2D eigenvalue weighted by atomic mass is 9.89. The Morgan fingerprint density at radius 1 is 1.28 bits per heavy atom. The van der Waals surface area contributed by atoms with Crippen LogP contribution in [0.3, 0.4) is 0 Å². The molecule has 0 radical (unpaired) electrons. The highest BCUT2D eigenvalue weighted by molar-refractivity contribution is 7.88. The third-order valence-electron chi connectivity index (χ3n) is 4.85. The quantitative estimate of drug-likeness (QED) is 0.418. The Balaban J connectivity index is 2.10. The highest BCUT2D eigenvalue weighted by Gasteiger charge is 2.39. The summed E-state index contributed by atoms with van der Waals surface area (Å²) in [5, 5.41) is 0. The van der Waals surface area contributed by atoms with E-state index in [9.17, 15) is 13.2 Å². The van der Waals surface area contributed by atoms with E-state index in [1.807, 2.05) is 39.0 Å². The second-order valence-corrected chi connectivity index (χ2v) is 9.79. The van der Waals surface area contributed by atoms with Crippen LogP contribution in [0.2, 0.25) is 0 Å². The van der Waals surface area contributed by atoms with E-state index in [0.29, 0.717) is 50.5 Å². The molecule has 1 unspecified atom stereocenters. The maximum Gasteiger partial charge on any atom is 0.305 e. The van der Waals surface area contributed by atoms with E-state index in [4.69, 9.17) is 14.2 Å². The molecule has 1 aliphatic rings. The van der Waals surface area contributed by atoms with E-state index in [2.05, 4.69) is 0 Å². The normalized spacial score (nSPS) is 18.1. The third-order valence-corrected chi connectivity index (χ3v) is 6.21. The summed E-state index contributed by atoms with van der Waals surface area (Å²) in [5.41, 5.74) is 0.353. The molecule has 1 aromatic carbocycles. The summed E-state index contributed by atoms with van der Waals surface area (Å²) in [5.74, 6) is 1.16. The van der Waals surface area contributed by atoms with Crippen LogP contribution in [0.15, 0.2) is 18.2 Å². The van der Waals surface area contributed by atoms with Gasteiger partial charge in [-0.3, -0.25) is 4.79 Å². The molecular formula is C21H33NO6S. The molecule has 164 valence electrons. The Bertz CT molecular complexity index is 805. The number of ether oxygens (including phenoxy) is 3. The Kier molecular flexibility index (Phi) is 7.94. The van der Waals surface area contributed by atoms with Gasteiger partial charge < -0.3 is 14.2 Å². The van der Waals surface area contributed by atoms with E-state index in [0.717, 1.165) is 12.0 Å². The Labute approximate surface area is 174 Å². The highest BCUT2D eigenvalue weighted by atomic mass is 32.2. The molecule has 0 saturated heterocycles. The van der Waals surface area contributed by atoms with Crippen LogP contribution in [0, 0.1) is 0 Å². The van der Waals surface area contributed by atoms with Crippen molar-refractivity contribution >= 4 is 16.0 Å². The van der Waals surface area contributed by atoms with Crippen molar-refractivity contribution in [2.24, 2.45) is 0 Å². The SMILES string of the molecule is CCOC(=O)CCCCOc1ccc2c(c1)C(N(CC)S(C)(=O)=O)CC(C)(C)O2. The fourth-order valence-electron chi connectivity index (χ4n) is 3.62. The summed E-state index contributed by atoms with van der Waals surface area (Å²) in [4.78, 5) is 11.4. The molecule has 7 nitrogen and oxygen atoms in total. The van der Waals surface area contributed by atoms with Gasteiger partial charge in [0, 0.05) is 24.9 Å². The summed E-state index contributed by atoms with van der Waals surface area (Å²) in [6.45, 7) is 8.81. The van der Waals surface area contributed by atoms with Crippen LogP contribution in [-0.2, 0) is 19.6 Å². The largest absolute Gasteiger partial charge is 0.494 e. The average Bonchev–Trinajstić information content (AvgIpc) is 2.60. The van der Waals surface area contributed by atoms with E-state index >= 15 is 0 Å². The van der Waals surface area contributed by atoms with Crippen LogP contribution in [0.5, 0.6) is 11.5 Å². The van der Waals surface area contributed by atoms with Crippen molar-refractivity contribution in [3.63, 3.8) is 0 Å². The summed E-state index contributed by atoms with van der Waals surface area (Å²) >= 11 is 0. The Morgan fingerprint density at radius 2 is 2.00 bits per heavy atom. The molecule has 0 aliphatic carbocycles. The number of hydrogen-bond acceptors (Lipinski definition) is 6. The Hall–Kier alpha value is -1.80. The maximum atomic E-state index is 12.3. The molecule has 29 heavy (non-hydrogen) atoms. The van der Waals surface area contributed by atoms with Crippen LogP contribution < -0.4 is 9.47 Å². The zero-order valence-corrected chi connectivity index (χ0v) is 18.9. The van der Waals surface area contributed by atoms with Crippen molar-refractivity contribution in [2.75, 3.05) is 26.0 Å². The fourth-order valence-corrected chi connectivity index (χ4v) is 4.74. The molecule has 1 aliphatic heterocycles.